The fraction of sp³-hybridized carbons (Fsp3) is 0.600. The molecule has 0 atom stereocenters. The number of thiazole rings is 1. The molecule has 0 spiro atoms. The second kappa shape index (κ2) is 6.58. The number of aliphatic carboxylic acids is 1. The molecule has 6 heteroatoms. The molecule has 0 bridgehead atoms. The van der Waals surface area contributed by atoms with Crippen molar-refractivity contribution < 1.29 is 9.90 Å². The highest BCUT2D eigenvalue weighted by Crippen LogP contribution is 2.36. The lowest BCUT2D eigenvalue weighted by atomic mass is 9.76. The third-order valence-corrected chi connectivity index (χ3v) is 5.26. The Balaban J connectivity index is 1.94. The van der Waals surface area contributed by atoms with E-state index in [1.807, 2.05) is 25.2 Å². The van der Waals surface area contributed by atoms with Gasteiger partial charge in [-0.15, -0.1) is 17.9 Å². The molecule has 116 valence electrons. The minimum absolute atomic E-state index is 0.557. The molecule has 1 aliphatic heterocycles. The summed E-state index contributed by atoms with van der Waals surface area (Å²) in [6.45, 7) is 6.19. The summed E-state index contributed by atoms with van der Waals surface area (Å²) in [5, 5.41) is 10.5. The van der Waals surface area contributed by atoms with Gasteiger partial charge in [0.05, 0.1) is 5.41 Å². The molecule has 1 N–H and O–H groups in total. The van der Waals surface area contributed by atoms with Gasteiger partial charge in [-0.3, -0.25) is 9.69 Å². The number of carbonyl (C=O) groups is 1. The predicted octanol–water partition coefficient (Wildman–Crippen LogP) is 2.45. The van der Waals surface area contributed by atoms with Gasteiger partial charge in [0.2, 0.25) is 0 Å². The van der Waals surface area contributed by atoms with Crippen LogP contribution in [0.4, 0.5) is 5.13 Å². The van der Waals surface area contributed by atoms with Crippen molar-refractivity contribution in [2.75, 3.05) is 32.1 Å². The molecule has 1 fully saturated rings. The van der Waals surface area contributed by atoms with Crippen molar-refractivity contribution in [3.05, 3.63) is 23.7 Å². The van der Waals surface area contributed by atoms with Gasteiger partial charge in [-0.2, -0.15) is 0 Å². The third kappa shape index (κ3) is 3.63. The van der Waals surface area contributed by atoms with Crippen LogP contribution in [0.3, 0.4) is 0 Å². The molecule has 1 saturated heterocycles. The van der Waals surface area contributed by atoms with Crippen molar-refractivity contribution in [1.29, 1.82) is 0 Å². The van der Waals surface area contributed by atoms with Crippen molar-refractivity contribution >= 4 is 22.4 Å². The Morgan fingerprint density at radius 2 is 2.24 bits per heavy atom. The van der Waals surface area contributed by atoms with E-state index in [2.05, 4.69) is 16.5 Å². The van der Waals surface area contributed by atoms with Gasteiger partial charge < -0.3 is 10.0 Å². The molecule has 0 saturated carbocycles. The number of nitrogens with zero attached hydrogens (tertiary/aromatic N) is 3. The highest BCUT2D eigenvalue weighted by atomic mass is 32.1. The van der Waals surface area contributed by atoms with E-state index < -0.39 is 11.4 Å². The number of carboxylic acids is 1. The first-order valence-electron chi connectivity index (χ1n) is 7.15. The van der Waals surface area contributed by atoms with Gasteiger partial charge in [0.25, 0.3) is 0 Å². The Bertz CT molecular complexity index is 505. The summed E-state index contributed by atoms with van der Waals surface area (Å²) in [6, 6.07) is 0. The van der Waals surface area contributed by atoms with Crippen LogP contribution in [0.2, 0.25) is 0 Å². The van der Waals surface area contributed by atoms with E-state index in [0.29, 0.717) is 19.3 Å². The summed E-state index contributed by atoms with van der Waals surface area (Å²) in [5.74, 6) is -0.685. The highest BCUT2D eigenvalue weighted by Gasteiger charge is 2.40. The molecule has 0 aliphatic carbocycles. The van der Waals surface area contributed by atoms with Gasteiger partial charge in [0, 0.05) is 31.7 Å². The maximum atomic E-state index is 11.5. The number of hydrogen-bond acceptors (Lipinski definition) is 5. The molecule has 2 rings (SSSR count). The van der Waals surface area contributed by atoms with Crippen LogP contribution in [0.1, 0.15) is 24.1 Å². The van der Waals surface area contributed by atoms with Crippen molar-refractivity contribution in [2.24, 2.45) is 5.41 Å². The van der Waals surface area contributed by atoms with Crippen LogP contribution in [-0.4, -0.2) is 48.1 Å². The first-order chi connectivity index (χ1) is 9.97. The average Bonchev–Trinajstić information content (AvgIpc) is 2.90. The number of rotatable bonds is 6. The Hall–Kier alpha value is -1.40. The lowest BCUT2D eigenvalue weighted by Crippen LogP contribution is -2.43. The molecule has 1 aliphatic rings. The van der Waals surface area contributed by atoms with Gasteiger partial charge in [0.15, 0.2) is 5.13 Å². The van der Waals surface area contributed by atoms with Crippen molar-refractivity contribution in [3.8, 4) is 0 Å². The Labute approximate surface area is 129 Å². The van der Waals surface area contributed by atoms with Gasteiger partial charge >= 0.3 is 5.97 Å². The van der Waals surface area contributed by atoms with Crippen molar-refractivity contribution in [1.82, 2.24) is 9.88 Å². The van der Waals surface area contributed by atoms with Crippen LogP contribution < -0.4 is 4.90 Å². The van der Waals surface area contributed by atoms with E-state index >= 15 is 0 Å². The molecule has 0 radical (unpaired) electrons. The number of aromatic nitrogens is 1. The highest BCUT2D eigenvalue weighted by molar-refractivity contribution is 7.15. The SMILES string of the molecule is C=CCC1(C(=O)O)CCN(Cc2cnc(N(C)C)s2)CC1. The van der Waals surface area contributed by atoms with Crippen LogP contribution in [0.15, 0.2) is 18.9 Å². The second-order valence-electron chi connectivity index (χ2n) is 5.86. The Kier molecular flexibility index (Phi) is 5.00. The maximum absolute atomic E-state index is 11.5. The van der Waals surface area contributed by atoms with E-state index in [4.69, 9.17) is 0 Å². The summed E-state index contributed by atoms with van der Waals surface area (Å²) in [6.07, 6.45) is 5.59. The molecule has 0 aromatic carbocycles. The zero-order valence-electron chi connectivity index (χ0n) is 12.7. The second-order valence-corrected chi connectivity index (χ2v) is 6.95. The van der Waals surface area contributed by atoms with Gasteiger partial charge in [-0.25, -0.2) is 4.98 Å². The molecule has 2 heterocycles. The Morgan fingerprint density at radius 3 is 2.71 bits per heavy atom. The van der Waals surface area contributed by atoms with Crippen LogP contribution >= 0.6 is 11.3 Å². The summed E-state index contributed by atoms with van der Waals surface area (Å²) >= 11 is 1.69. The maximum Gasteiger partial charge on any atom is 0.310 e. The number of hydrogen-bond donors (Lipinski definition) is 1. The smallest absolute Gasteiger partial charge is 0.310 e. The fourth-order valence-corrected chi connectivity index (χ4v) is 3.59. The standard InChI is InChI=1S/C15H23N3O2S/c1-4-5-15(13(19)20)6-8-18(9-7-15)11-12-10-16-14(21-12)17(2)3/h4,10H,1,5-9,11H2,2-3H3,(H,19,20). The normalized spacial score (nSPS) is 18.4. The van der Waals surface area contributed by atoms with Crippen LogP contribution in [0, 0.1) is 5.41 Å². The van der Waals surface area contributed by atoms with E-state index in [1.165, 1.54) is 4.88 Å². The predicted molar refractivity (Wildman–Crippen MR) is 85.8 cm³/mol. The van der Waals surface area contributed by atoms with Crippen LogP contribution in [-0.2, 0) is 11.3 Å². The molecule has 1 aromatic rings. The topological polar surface area (TPSA) is 56.7 Å². The number of likely N-dealkylation sites (tertiary alicyclic amines) is 1. The number of anilines is 1. The Morgan fingerprint density at radius 1 is 1.57 bits per heavy atom. The fourth-order valence-electron chi connectivity index (χ4n) is 2.72. The van der Waals surface area contributed by atoms with E-state index in [9.17, 15) is 9.90 Å². The first-order valence-corrected chi connectivity index (χ1v) is 7.97. The van der Waals surface area contributed by atoms with Crippen LogP contribution in [0.25, 0.3) is 0 Å². The van der Waals surface area contributed by atoms with Crippen molar-refractivity contribution in [3.63, 3.8) is 0 Å². The molecule has 21 heavy (non-hydrogen) atoms. The summed E-state index contributed by atoms with van der Waals surface area (Å²) in [5.41, 5.74) is -0.610. The zero-order chi connectivity index (χ0) is 15.5. The summed E-state index contributed by atoms with van der Waals surface area (Å²) in [7, 11) is 3.97. The van der Waals surface area contributed by atoms with Crippen LogP contribution in [0.5, 0.6) is 0 Å². The van der Waals surface area contributed by atoms with Crippen molar-refractivity contribution in [2.45, 2.75) is 25.8 Å². The summed E-state index contributed by atoms with van der Waals surface area (Å²) in [4.78, 5) is 21.5. The molecular weight excluding hydrogens is 286 g/mol. The van der Waals surface area contributed by atoms with Gasteiger partial charge in [-0.1, -0.05) is 6.08 Å². The third-order valence-electron chi connectivity index (χ3n) is 4.11. The van der Waals surface area contributed by atoms with Gasteiger partial charge in [-0.05, 0) is 32.4 Å². The lowest BCUT2D eigenvalue weighted by Gasteiger charge is -2.38. The molecule has 5 nitrogen and oxygen atoms in total. The number of carboxylic acid groups (broad SMARTS) is 1. The number of piperidine rings is 1. The minimum atomic E-state index is -0.685. The van der Waals surface area contributed by atoms with E-state index in [-0.39, 0.29) is 0 Å². The minimum Gasteiger partial charge on any atom is -0.481 e. The molecule has 0 unspecified atom stereocenters. The van der Waals surface area contributed by atoms with Gasteiger partial charge in [0.1, 0.15) is 0 Å². The number of allylic oxidation sites excluding steroid dienone is 1. The molecule has 0 amide bonds. The van der Waals surface area contributed by atoms with E-state index in [1.54, 1.807) is 17.4 Å². The zero-order valence-corrected chi connectivity index (χ0v) is 13.5. The largest absolute Gasteiger partial charge is 0.481 e. The lowest BCUT2D eigenvalue weighted by molar-refractivity contribution is -0.152. The average molecular weight is 309 g/mol. The first kappa shape index (κ1) is 16.0. The van der Waals surface area contributed by atoms with E-state index in [0.717, 1.165) is 24.8 Å². The summed E-state index contributed by atoms with van der Waals surface area (Å²) < 4.78 is 0. The quantitative estimate of drug-likeness (QED) is 0.818. The monoisotopic (exact) mass is 309 g/mol. The molecule has 1 aromatic heterocycles. The molecular formula is C15H23N3O2S.